The first kappa shape index (κ1) is 20.3. The van der Waals surface area contributed by atoms with E-state index in [4.69, 9.17) is 14.2 Å². The Morgan fingerprint density at radius 2 is 1.94 bits per heavy atom. The molecule has 2 saturated heterocycles. The van der Waals surface area contributed by atoms with Crippen LogP contribution >= 0.6 is 0 Å². The summed E-state index contributed by atoms with van der Waals surface area (Å²) < 4.78 is 17.0. The minimum absolute atomic E-state index is 0.111. The number of nitrogens with one attached hydrogen (secondary N) is 1. The fourth-order valence-corrected chi connectivity index (χ4v) is 4.68. The van der Waals surface area contributed by atoms with E-state index in [1.807, 2.05) is 29.2 Å². The summed E-state index contributed by atoms with van der Waals surface area (Å²) >= 11 is 0. The van der Waals surface area contributed by atoms with Crippen LogP contribution in [0.1, 0.15) is 34.3 Å². The number of rotatable bonds is 6. The highest BCUT2D eigenvalue weighted by Crippen LogP contribution is 2.25. The molecule has 0 radical (unpaired) electrons. The van der Waals surface area contributed by atoms with E-state index in [2.05, 4.69) is 18.2 Å². The van der Waals surface area contributed by atoms with Gasteiger partial charge in [-0.2, -0.15) is 0 Å². The van der Waals surface area contributed by atoms with Gasteiger partial charge in [-0.05, 0) is 60.9 Å². The van der Waals surface area contributed by atoms with Gasteiger partial charge in [0.25, 0.3) is 5.91 Å². The highest BCUT2D eigenvalue weighted by atomic mass is 16.5. The number of hydrogen-bond donors (Lipinski definition) is 1. The van der Waals surface area contributed by atoms with Crippen LogP contribution in [0.2, 0.25) is 0 Å². The lowest BCUT2D eigenvalue weighted by atomic mass is 10.1. The molecule has 1 N–H and O–H groups in total. The molecule has 0 spiro atoms. The van der Waals surface area contributed by atoms with Crippen LogP contribution in [0, 0.1) is 0 Å². The lowest BCUT2D eigenvalue weighted by Crippen LogP contribution is -3.13. The fraction of sp³-hybridized carbons (Fsp3) is 0.480. The molecule has 2 fully saturated rings. The Hall–Kier alpha value is -2.57. The fourth-order valence-electron chi connectivity index (χ4n) is 4.68. The molecule has 0 aromatic heterocycles. The van der Waals surface area contributed by atoms with Crippen LogP contribution in [0.25, 0.3) is 0 Å². The largest absolute Gasteiger partial charge is 0.493 e. The van der Waals surface area contributed by atoms with Gasteiger partial charge >= 0.3 is 0 Å². The molecule has 1 atom stereocenters. The molecule has 3 aliphatic heterocycles. The minimum Gasteiger partial charge on any atom is -0.493 e. The van der Waals surface area contributed by atoms with Crippen LogP contribution in [0.4, 0.5) is 0 Å². The van der Waals surface area contributed by atoms with Crippen molar-refractivity contribution in [2.24, 2.45) is 0 Å². The second-order valence-corrected chi connectivity index (χ2v) is 8.73. The Balaban J connectivity index is 1.10. The zero-order chi connectivity index (χ0) is 21.0. The molecule has 0 unspecified atom stereocenters. The average Bonchev–Trinajstić information content (AvgIpc) is 3.50. The first-order valence-electron chi connectivity index (χ1n) is 11.5. The molecule has 1 amide bonds. The predicted molar refractivity (Wildman–Crippen MR) is 117 cm³/mol. The number of nitrogens with zero attached hydrogens (tertiary/aromatic N) is 1. The van der Waals surface area contributed by atoms with E-state index in [1.54, 1.807) is 0 Å². The summed E-state index contributed by atoms with van der Waals surface area (Å²) in [5.74, 6) is 1.94. The number of ether oxygens (including phenoxy) is 3. The van der Waals surface area contributed by atoms with Crippen molar-refractivity contribution in [3.63, 3.8) is 0 Å². The second kappa shape index (κ2) is 9.28. The van der Waals surface area contributed by atoms with E-state index in [0.717, 1.165) is 82.3 Å². The van der Waals surface area contributed by atoms with Gasteiger partial charge < -0.3 is 24.0 Å². The molecule has 3 aliphatic rings. The van der Waals surface area contributed by atoms with Crippen LogP contribution in [0.3, 0.4) is 0 Å². The molecule has 31 heavy (non-hydrogen) atoms. The first-order chi connectivity index (χ1) is 15.2. The molecule has 0 saturated carbocycles. The lowest BCUT2D eigenvalue weighted by Gasteiger charge is -2.32. The van der Waals surface area contributed by atoms with Crippen molar-refractivity contribution in [2.75, 3.05) is 46.0 Å². The van der Waals surface area contributed by atoms with Gasteiger partial charge in [-0.15, -0.1) is 0 Å². The van der Waals surface area contributed by atoms with E-state index < -0.39 is 0 Å². The van der Waals surface area contributed by atoms with Gasteiger partial charge in [-0.25, -0.2) is 0 Å². The zero-order valence-electron chi connectivity index (χ0n) is 18.0. The van der Waals surface area contributed by atoms with E-state index in [1.165, 1.54) is 16.0 Å². The zero-order valence-corrected chi connectivity index (χ0v) is 18.0. The van der Waals surface area contributed by atoms with Crippen LogP contribution in [0.5, 0.6) is 11.5 Å². The normalized spacial score (nSPS) is 21.0. The van der Waals surface area contributed by atoms with Crippen molar-refractivity contribution < 1.29 is 23.9 Å². The molecule has 0 aliphatic carbocycles. The van der Waals surface area contributed by atoms with Gasteiger partial charge in [0.1, 0.15) is 24.7 Å². The van der Waals surface area contributed by atoms with Crippen LogP contribution < -0.4 is 14.4 Å². The average molecular weight is 424 g/mol. The third-order valence-electron chi connectivity index (χ3n) is 6.53. The number of fused-ring (bicyclic) bond motifs is 1. The van der Waals surface area contributed by atoms with E-state index in [9.17, 15) is 4.79 Å². The maximum absolute atomic E-state index is 12.9. The summed E-state index contributed by atoms with van der Waals surface area (Å²) in [5.41, 5.74) is 3.41. The molecule has 5 rings (SSSR count). The van der Waals surface area contributed by atoms with Crippen molar-refractivity contribution in [3.8, 4) is 11.5 Å². The number of quaternary nitrogens is 1. The summed E-state index contributed by atoms with van der Waals surface area (Å²) in [6.45, 7) is 6.75. The third kappa shape index (κ3) is 4.86. The molecule has 0 bridgehead atoms. The van der Waals surface area contributed by atoms with Gasteiger partial charge in [-0.1, -0.05) is 0 Å². The Morgan fingerprint density at radius 3 is 2.71 bits per heavy atom. The van der Waals surface area contributed by atoms with Crippen molar-refractivity contribution in [1.82, 2.24) is 4.90 Å². The summed E-state index contributed by atoms with van der Waals surface area (Å²) in [6, 6.07) is 14.1. The number of carbonyl (C=O) groups is 1. The maximum atomic E-state index is 12.9. The van der Waals surface area contributed by atoms with Gasteiger partial charge in [-0.3, -0.25) is 4.79 Å². The Labute approximate surface area is 183 Å². The second-order valence-electron chi connectivity index (χ2n) is 8.73. The van der Waals surface area contributed by atoms with Gasteiger partial charge in [0.05, 0.1) is 38.9 Å². The number of carbonyl (C=O) groups excluding carboxylic acids is 1. The lowest BCUT2D eigenvalue weighted by molar-refractivity contribution is -0.917. The quantitative estimate of drug-likeness (QED) is 0.769. The maximum Gasteiger partial charge on any atom is 0.254 e. The van der Waals surface area contributed by atoms with Gasteiger partial charge in [0, 0.05) is 24.2 Å². The topological polar surface area (TPSA) is 52.4 Å². The SMILES string of the molecule is O=C(c1ccc(OC[C@@H]2CCCO2)cc1)N1CC[NH+](Cc2ccc3c(c2)CCO3)CC1. The number of piperazine rings is 1. The Bertz CT molecular complexity index is 900. The molecule has 6 nitrogen and oxygen atoms in total. The monoisotopic (exact) mass is 423 g/mol. The van der Waals surface area contributed by atoms with Gasteiger partial charge in [0.15, 0.2) is 0 Å². The van der Waals surface area contributed by atoms with Crippen LogP contribution in [0.15, 0.2) is 42.5 Å². The highest BCUT2D eigenvalue weighted by Gasteiger charge is 2.25. The van der Waals surface area contributed by atoms with Crippen LogP contribution in [-0.4, -0.2) is 62.9 Å². The Morgan fingerprint density at radius 1 is 1.10 bits per heavy atom. The van der Waals surface area contributed by atoms with E-state index >= 15 is 0 Å². The molecular formula is C25H31N2O4+. The predicted octanol–water partition coefficient (Wildman–Crippen LogP) is 1.72. The summed E-state index contributed by atoms with van der Waals surface area (Å²) in [4.78, 5) is 16.4. The molecule has 2 aromatic rings. The standard InChI is InChI=1S/C25H30N2O4/c28-25(20-4-6-22(7-5-20)31-18-23-2-1-14-29-23)27-12-10-26(11-13-27)17-19-3-8-24-21(16-19)9-15-30-24/h3-8,16,23H,1-2,9-15,17-18H2/p+1/t23-/m0/s1. The van der Waals surface area contributed by atoms with Crippen molar-refractivity contribution >= 4 is 5.91 Å². The summed E-state index contributed by atoms with van der Waals surface area (Å²) in [7, 11) is 0. The molecule has 2 aromatic carbocycles. The summed E-state index contributed by atoms with van der Waals surface area (Å²) in [5, 5.41) is 0. The van der Waals surface area contributed by atoms with Crippen LogP contribution in [-0.2, 0) is 17.7 Å². The Kier molecular flexibility index (Phi) is 6.09. The minimum atomic E-state index is 0.111. The third-order valence-corrected chi connectivity index (χ3v) is 6.53. The van der Waals surface area contributed by atoms with Crippen molar-refractivity contribution in [2.45, 2.75) is 31.9 Å². The molecular weight excluding hydrogens is 392 g/mol. The summed E-state index contributed by atoms with van der Waals surface area (Å²) in [6.07, 6.45) is 3.38. The molecule has 164 valence electrons. The van der Waals surface area contributed by atoms with Gasteiger partial charge in [0.2, 0.25) is 0 Å². The van der Waals surface area contributed by atoms with E-state index in [-0.39, 0.29) is 12.0 Å². The first-order valence-corrected chi connectivity index (χ1v) is 11.5. The molecule has 3 heterocycles. The smallest absolute Gasteiger partial charge is 0.254 e. The van der Waals surface area contributed by atoms with Crippen molar-refractivity contribution in [1.29, 1.82) is 0 Å². The van der Waals surface area contributed by atoms with Crippen molar-refractivity contribution in [3.05, 3.63) is 59.2 Å². The number of benzene rings is 2. The van der Waals surface area contributed by atoms with E-state index in [0.29, 0.717) is 6.61 Å². The number of hydrogen-bond acceptors (Lipinski definition) is 4. The number of amides is 1. The molecule has 6 heteroatoms. The highest BCUT2D eigenvalue weighted by molar-refractivity contribution is 5.94.